The molecule has 0 aliphatic rings. The molecule has 0 spiro atoms. The predicted molar refractivity (Wildman–Crippen MR) is 96.6 cm³/mol. The van der Waals surface area contributed by atoms with Gasteiger partial charge in [-0.1, -0.05) is 34.9 Å². The van der Waals surface area contributed by atoms with Crippen LogP contribution in [0.3, 0.4) is 0 Å². The van der Waals surface area contributed by atoms with E-state index in [0.29, 0.717) is 0 Å². The average molecular weight is 316 g/mol. The minimum Gasteiger partial charge on any atom is -0.358 e. The van der Waals surface area contributed by atoms with Crippen molar-refractivity contribution in [2.45, 2.75) is 59.8 Å². The molecule has 0 aliphatic carbocycles. The topological polar surface area (TPSA) is 58.9 Å². The lowest BCUT2D eigenvalue weighted by molar-refractivity contribution is -0.389. The molecule has 0 amide bonds. The fraction of sp³-hybridized carbons (Fsp3) is 0.474. The number of aromatic amines is 1. The molecule has 1 aromatic rings. The first-order valence-electron chi connectivity index (χ1n) is 8.14. The van der Waals surface area contributed by atoms with Crippen molar-refractivity contribution in [3.8, 4) is 0 Å². The number of aromatic nitrogens is 1. The highest BCUT2D eigenvalue weighted by molar-refractivity contribution is 5.28. The van der Waals surface area contributed by atoms with E-state index in [1.807, 2.05) is 0 Å². The van der Waals surface area contributed by atoms with Gasteiger partial charge in [-0.15, -0.1) is 0 Å². The highest BCUT2D eigenvalue weighted by Gasteiger charge is 2.06. The highest BCUT2D eigenvalue weighted by atomic mass is 16.6. The summed E-state index contributed by atoms with van der Waals surface area (Å²) in [5.74, 6) is 0.0565. The van der Waals surface area contributed by atoms with E-state index >= 15 is 0 Å². The molecule has 0 saturated heterocycles. The molecule has 0 aliphatic heterocycles. The third kappa shape index (κ3) is 8.19. The minimum absolute atomic E-state index is 0.0565. The zero-order valence-corrected chi connectivity index (χ0v) is 14.7. The molecular formula is C19H28N2O2. The van der Waals surface area contributed by atoms with E-state index in [0.717, 1.165) is 37.7 Å². The standard InChI is InChI=1S/C19H28N2O2/c1-15(2)7-5-8-16(3)9-6-10-17(4)11-12-18-13-19(20-14-18)21(22)23/h7,9,11,13-14,20H,5-6,8,10,12H2,1-4H3/b16-9+,17-11+. The second-order valence-electron chi connectivity index (χ2n) is 6.31. The fourth-order valence-corrected chi connectivity index (χ4v) is 2.28. The number of nitrogens with one attached hydrogen (secondary N) is 1. The quantitative estimate of drug-likeness (QED) is 0.351. The fourth-order valence-electron chi connectivity index (χ4n) is 2.28. The van der Waals surface area contributed by atoms with Crippen molar-refractivity contribution in [3.05, 3.63) is 62.9 Å². The third-order valence-electron chi connectivity index (χ3n) is 3.73. The van der Waals surface area contributed by atoms with Crippen molar-refractivity contribution in [1.29, 1.82) is 0 Å². The number of nitrogens with zero attached hydrogens (tertiary/aromatic N) is 1. The van der Waals surface area contributed by atoms with Crippen LogP contribution in [0.15, 0.2) is 47.2 Å². The van der Waals surface area contributed by atoms with Gasteiger partial charge in [0.2, 0.25) is 0 Å². The van der Waals surface area contributed by atoms with Gasteiger partial charge in [-0.2, -0.15) is 0 Å². The first-order valence-corrected chi connectivity index (χ1v) is 8.14. The molecule has 4 heteroatoms. The molecule has 0 radical (unpaired) electrons. The predicted octanol–water partition coefficient (Wildman–Crippen LogP) is 5.88. The molecular weight excluding hydrogens is 288 g/mol. The molecule has 1 aromatic heterocycles. The lowest BCUT2D eigenvalue weighted by Gasteiger charge is -2.01. The molecule has 0 atom stereocenters. The van der Waals surface area contributed by atoms with E-state index in [1.54, 1.807) is 12.3 Å². The number of hydrogen-bond acceptors (Lipinski definition) is 2. The van der Waals surface area contributed by atoms with Crippen LogP contribution in [0, 0.1) is 10.1 Å². The van der Waals surface area contributed by atoms with Gasteiger partial charge in [0.1, 0.15) is 0 Å². The molecule has 126 valence electrons. The maximum Gasteiger partial charge on any atom is 0.321 e. The molecule has 4 nitrogen and oxygen atoms in total. The van der Waals surface area contributed by atoms with Crippen molar-refractivity contribution in [2.24, 2.45) is 0 Å². The molecule has 0 unspecified atom stereocenters. The van der Waals surface area contributed by atoms with E-state index in [1.165, 1.54) is 16.7 Å². The highest BCUT2D eigenvalue weighted by Crippen LogP contribution is 2.15. The summed E-state index contributed by atoms with van der Waals surface area (Å²) in [5, 5.41) is 10.6. The van der Waals surface area contributed by atoms with Gasteiger partial charge in [0, 0.05) is 11.6 Å². The SMILES string of the molecule is CC(C)=CCC/C(C)=C/CC/C(C)=C/Cc1c[nH]c([N+](=O)[O-])c1. The Morgan fingerprint density at radius 2 is 1.70 bits per heavy atom. The minimum atomic E-state index is -0.400. The van der Waals surface area contributed by atoms with Crippen LogP contribution in [0.5, 0.6) is 0 Å². The van der Waals surface area contributed by atoms with Crippen molar-refractivity contribution in [1.82, 2.24) is 4.98 Å². The summed E-state index contributed by atoms with van der Waals surface area (Å²) < 4.78 is 0. The first kappa shape index (κ1) is 18.9. The second kappa shape index (κ2) is 9.82. The number of rotatable bonds is 9. The number of nitro groups is 1. The Bertz CT molecular complexity index is 603. The van der Waals surface area contributed by atoms with E-state index in [4.69, 9.17) is 0 Å². The summed E-state index contributed by atoms with van der Waals surface area (Å²) in [6.45, 7) is 8.57. The Hall–Kier alpha value is -2.10. The maximum atomic E-state index is 10.6. The van der Waals surface area contributed by atoms with Gasteiger partial charge >= 0.3 is 5.82 Å². The van der Waals surface area contributed by atoms with Gasteiger partial charge in [-0.25, -0.2) is 4.98 Å². The zero-order valence-electron chi connectivity index (χ0n) is 14.7. The zero-order chi connectivity index (χ0) is 17.2. The van der Waals surface area contributed by atoms with E-state index < -0.39 is 4.92 Å². The summed E-state index contributed by atoms with van der Waals surface area (Å²) >= 11 is 0. The van der Waals surface area contributed by atoms with Gasteiger partial charge in [0.25, 0.3) is 0 Å². The Balaban J connectivity index is 2.35. The van der Waals surface area contributed by atoms with Crippen molar-refractivity contribution in [3.63, 3.8) is 0 Å². The van der Waals surface area contributed by atoms with Gasteiger partial charge in [-0.3, -0.25) is 0 Å². The summed E-state index contributed by atoms with van der Waals surface area (Å²) in [6, 6.07) is 1.59. The molecule has 0 aromatic carbocycles. The first-order chi connectivity index (χ1) is 10.9. The summed E-state index contributed by atoms with van der Waals surface area (Å²) in [6.07, 6.45) is 13.5. The summed E-state index contributed by atoms with van der Waals surface area (Å²) in [5.41, 5.74) is 5.09. The van der Waals surface area contributed by atoms with Crippen LogP contribution >= 0.6 is 0 Å². The van der Waals surface area contributed by atoms with Gasteiger partial charge in [0.15, 0.2) is 0 Å². The van der Waals surface area contributed by atoms with Crippen LogP contribution in [-0.2, 0) is 6.42 Å². The Kier molecular flexibility index (Phi) is 8.09. The smallest absolute Gasteiger partial charge is 0.321 e. The molecule has 0 bridgehead atoms. The lowest BCUT2D eigenvalue weighted by atomic mass is 10.1. The Morgan fingerprint density at radius 1 is 1.09 bits per heavy atom. The Labute approximate surface area is 139 Å². The largest absolute Gasteiger partial charge is 0.358 e. The monoisotopic (exact) mass is 316 g/mol. The third-order valence-corrected chi connectivity index (χ3v) is 3.73. The summed E-state index contributed by atoms with van der Waals surface area (Å²) in [7, 11) is 0. The normalized spacial score (nSPS) is 12.3. The second-order valence-corrected chi connectivity index (χ2v) is 6.31. The molecule has 23 heavy (non-hydrogen) atoms. The van der Waals surface area contributed by atoms with Gasteiger partial charge in [0.05, 0.1) is 6.20 Å². The van der Waals surface area contributed by atoms with Crippen LogP contribution in [0.25, 0.3) is 0 Å². The van der Waals surface area contributed by atoms with Gasteiger partial charge in [-0.05, 0) is 64.7 Å². The van der Waals surface area contributed by atoms with Crippen LogP contribution in [-0.4, -0.2) is 9.91 Å². The maximum absolute atomic E-state index is 10.6. The lowest BCUT2D eigenvalue weighted by Crippen LogP contribution is -1.85. The van der Waals surface area contributed by atoms with Crippen LogP contribution in [0.1, 0.15) is 58.9 Å². The molecule has 0 fully saturated rings. The van der Waals surface area contributed by atoms with Gasteiger partial charge < -0.3 is 10.1 Å². The Morgan fingerprint density at radius 3 is 2.26 bits per heavy atom. The van der Waals surface area contributed by atoms with Crippen molar-refractivity contribution in [2.75, 3.05) is 0 Å². The van der Waals surface area contributed by atoms with Crippen molar-refractivity contribution >= 4 is 5.82 Å². The van der Waals surface area contributed by atoms with Crippen molar-refractivity contribution < 1.29 is 4.92 Å². The van der Waals surface area contributed by atoms with Crippen LogP contribution < -0.4 is 0 Å². The average Bonchev–Trinajstić information content (AvgIpc) is 2.94. The number of H-pyrrole nitrogens is 1. The molecule has 1 heterocycles. The van der Waals surface area contributed by atoms with E-state index in [9.17, 15) is 10.1 Å². The number of hydrogen-bond donors (Lipinski definition) is 1. The van der Waals surface area contributed by atoms with Crippen LogP contribution in [0.4, 0.5) is 5.82 Å². The molecule has 0 saturated carbocycles. The molecule has 1 rings (SSSR count). The number of allylic oxidation sites excluding steroid dienone is 6. The van der Waals surface area contributed by atoms with E-state index in [-0.39, 0.29) is 5.82 Å². The van der Waals surface area contributed by atoms with Crippen LogP contribution in [0.2, 0.25) is 0 Å². The van der Waals surface area contributed by atoms with E-state index in [2.05, 4.69) is 50.9 Å². The summed E-state index contributed by atoms with van der Waals surface area (Å²) in [4.78, 5) is 12.9. The molecule has 1 N–H and O–H groups in total.